The molecule has 2 aromatic carbocycles. The summed E-state index contributed by atoms with van der Waals surface area (Å²) in [6.45, 7) is 1.57. The van der Waals surface area contributed by atoms with Crippen molar-refractivity contribution in [1.82, 2.24) is 16.1 Å². The van der Waals surface area contributed by atoms with Crippen LogP contribution in [0.15, 0.2) is 51.9 Å². The second-order valence-corrected chi connectivity index (χ2v) is 7.35. The molecule has 0 aliphatic carbocycles. The molecule has 2 amide bonds. The van der Waals surface area contributed by atoms with E-state index in [2.05, 4.69) is 37.0 Å². The normalized spacial score (nSPS) is 11.7. The monoisotopic (exact) mass is 475 g/mol. The Hall–Kier alpha value is -3.24. The minimum Gasteiger partial charge on any atom is -0.481 e. The van der Waals surface area contributed by atoms with Crippen molar-refractivity contribution < 1.29 is 19.5 Å². The van der Waals surface area contributed by atoms with Gasteiger partial charge in [0, 0.05) is 10.0 Å². The second-order valence-electron chi connectivity index (χ2n) is 6.44. The molecule has 0 saturated carbocycles. The average Bonchev–Trinajstić information content (AvgIpc) is 2.69. The zero-order valence-electron chi connectivity index (χ0n) is 16.2. The molecule has 0 heterocycles. The summed E-state index contributed by atoms with van der Waals surface area (Å²) in [6, 6.07) is 11.2. The summed E-state index contributed by atoms with van der Waals surface area (Å²) < 4.78 is 0.780. The molecule has 0 aliphatic heterocycles. The zero-order chi connectivity index (χ0) is 22.1. The van der Waals surface area contributed by atoms with Crippen LogP contribution in [0, 0.1) is 6.92 Å². The van der Waals surface area contributed by atoms with Crippen molar-refractivity contribution in [1.29, 1.82) is 0 Å². The zero-order valence-corrected chi connectivity index (χ0v) is 17.8. The van der Waals surface area contributed by atoms with E-state index in [9.17, 15) is 19.5 Å². The highest BCUT2D eigenvalue weighted by Crippen LogP contribution is 2.23. The Morgan fingerprint density at radius 2 is 2.00 bits per heavy atom. The van der Waals surface area contributed by atoms with E-state index in [0.29, 0.717) is 16.8 Å². The van der Waals surface area contributed by atoms with Crippen molar-refractivity contribution in [3.63, 3.8) is 0 Å². The molecule has 2 rings (SSSR count). The number of aliphatic carboxylic acids is 1. The summed E-state index contributed by atoms with van der Waals surface area (Å²) in [7, 11) is 0. The van der Waals surface area contributed by atoms with Crippen molar-refractivity contribution in [2.24, 2.45) is 10.8 Å². The van der Waals surface area contributed by atoms with Crippen LogP contribution in [0.5, 0.6) is 0 Å². The van der Waals surface area contributed by atoms with E-state index in [1.807, 2.05) is 13.0 Å². The number of nitrogens with two attached hydrogens (primary N) is 1. The van der Waals surface area contributed by atoms with Crippen LogP contribution in [0.25, 0.3) is 0 Å². The van der Waals surface area contributed by atoms with Gasteiger partial charge in [-0.3, -0.25) is 14.4 Å². The van der Waals surface area contributed by atoms with Gasteiger partial charge in [-0.15, -0.1) is 0 Å². The predicted molar refractivity (Wildman–Crippen MR) is 116 cm³/mol. The fourth-order valence-electron chi connectivity index (χ4n) is 2.74. The van der Waals surface area contributed by atoms with Gasteiger partial charge in [0.15, 0.2) is 0 Å². The standard InChI is InChI=1S/C20H22BrN5O4/c1-12-5-14(7-15(21)6-12)17(9-19(28)29)26-18(27)10-23-20(30)13-3-2-4-16(8-13)24-11-25-22/h2-8,11,17H,9-10,22H2,1H3,(H,23,30)(H,24,25)(H,26,27)(H,28,29). The van der Waals surface area contributed by atoms with Gasteiger partial charge in [-0.1, -0.05) is 28.1 Å². The van der Waals surface area contributed by atoms with E-state index in [-0.39, 0.29) is 13.0 Å². The van der Waals surface area contributed by atoms with Crippen LogP contribution in [-0.2, 0) is 9.59 Å². The van der Waals surface area contributed by atoms with Gasteiger partial charge in [-0.05, 0) is 48.4 Å². The maximum atomic E-state index is 12.3. The van der Waals surface area contributed by atoms with E-state index < -0.39 is 23.8 Å². The van der Waals surface area contributed by atoms with Crippen LogP contribution in [0.2, 0.25) is 0 Å². The maximum Gasteiger partial charge on any atom is 0.305 e. The summed E-state index contributed by atoms with van der Waals surface area (Å²) in [5.41, 5.74) is 4.67. The number of benzene rings is 2. The van der Waals surface area contributed by atoms with Gasteiger partial charge in [0.25, 0.3) is 5.91 Å². The Morgan fingerprint density at radius 3 is 2.67 bits per heavy atom. The van der Waals surface area contributed by atoms with Gasteiger partial charge in [0.1, 0.15) is 6.34 Å². The van der Waals surface area contributed by atoms with Crippen molar-refractivity contribution in [2.45, 2.75) is 19.4 Å². The van der Waals surface area contributed by atoms with Gasteiger partial charge < -0.3 is 21.2 Å². The number of nitrogens with zero attached hydrogens (tertiary/aromatic N) is 1. The fraction of sp³-hybridized carbons (Fsp3) is 0.200. The third-order valence-corrected chi connectivity index (χ3v) is 4.44. The lowest BCUT2D eigenvalue weighted by Gasteiger charge is -2.18. The molecular weight excluding hydrogens is 454 g/mol. The molecule has 1 atom stereocenters. The quantitative estimate of drug-likeness (QED) is 0.162. The molecule has 0 spiro atoms. The first-order valence-electron chi connectivity index (χ1n) is 8.93. The van der Waals surface area contributed by atoms with Crippen LogP contribution in [0.4, 0.5) is 5.69 Å². The second kappa shape index (κ2) is 11.1. The van der Waals surface area contributed by atoms with E-state index >= 15 is 0 Å². The number of halogens is 1. The Bertz CT molecular complexity index is 944. The Balaban J connectivity index is 2.02. The third kappa shape index (κ3) is 7.30. The Labute approximate surface area is 181 Å². The van der Waals surface area contributed by atoms with Crippen molar-refractivity contribution >= 4 is 45.7 Å². The van der Waals surface area contributed by atoms with Gasteiger partial charge in [-0.2, -0.15) is 0 Å². The van der Waals surface area contributed by atoms with E-state index in [4.69, 9.17) is 5.84 Å². The summed E-state index contributed by atoms with van der Waals surface area (Å²) in [5, 5.41) is 14.4. The lowest BCUT2D eigenvalue weighted by atomic mass is 10.0. The predicted octanol–water partition coefficient (Wildman–Crippen LogP) is 1.94. The van der Waals surface area contributed by atoms with Crippen molar-refractivity contribution in [2.75, 3.05) is 6.54 Å². The number of rotatable bonds is 9. The molecule has 0 fully saturated rings. The van der Waals surface area contributed by atoms with Crippen molar-refractivity contribution in [3.05, 3.63) is 63.6 Å². The Morgan fingerprint density at radius 1 is 1.23 bits per heavy atom. The average molecular weight is 476 g/mol. The number of aryl methyl sites for hydroxylation is 1. The number of hydrogen-bond acceptors (Lipinski definition) is 5. The molecule has 0 bridgehead atoms. The lowest BCUT2D eigenvalue weighted by molar-refractivity contribution is -0.137. The number of amides is 2. The summed E-state index contributed by atoms with van der Waals surface area (Å²) >= 11 is 3.37. The maximum absolute atomic E-state index is 12.3. The van der Waals surface area contributed by atoms with Gasteiger partial charge in [0.05, 0.1) is 24.7 Å². The highest BCUT2D eigenvalue weighted by molar-refractivity contribution is 9.10. The number of carboxylic acids is 1. The molecule has 0 radical (unpaired) electrons. The Kier molecular flexibility index (Phi) is 8.51. The summed E-state index contributed by atoms with van der Waals surface area (Å²) in [4.78, 5) is 39.9. The summed E-state index contributed by atoms with van der Waals surface area (Å²) in [6.07, 6.45) is 0.988. The SMILES string of the molecule is Cc1cc(Br)cc(C(CC(=O)O)NC(=O)CNC(=O)c2cccc(N=CNN)c2)c1. The number of carbonyl (C=O) groups excluding carboxylic acids is 2. The highest BCUT2D eigenvalue weighted by atomic mass is 79.9. The number of carbonyl (C=O) groups is 3. The van der Waals surface area contributed by atoms with Crippen LogP contribution in [0.3, 0.4) is 0 Å². The van der Waals surface area contributed by atoms with E-state index in [0.717, 1.165) is 10.0 Å². The molecular formula is C20H22BrN5O4. The molecule has 9 nitrogen and oxygen atoms in total. The molecule has 0 saturated heterocycles. The van der Waals surface area contributed by atoms with Crippen molar-refractivity contribution in [3.8, 4) is 0 Å². The van der Waals surface area contributed by atoms with Gasteiger partial charge >= 0.3 is 5.97 Å². The fourth-order valence-corrected chi connectivity index (χ4v) is 3.37. The third-order valence-electron chi connectivity index (χ3n) is 3.99. The first-order chi connectivity index (χ1) is 14.3. The molecule has 30 heavy (non-hydrogen) atoms. The lowest BCUT2D eigenvalue weighted by Crippen LogP contribution is -2.39. The number of aliphatic imine (C=N–C) groups is 1. The largest absolute Gasteiger partial charge is 0.481 e. The molecule has 0 aliphatic rings. The number of nitrogens with one attached hydrogen (secondary N) is 3. The molecule has 158 valence electrons. The minimum absolute atomic E-state index is 0.287. The smallest absolute Gasteiger partial charge is 0.305 e. The number of carboxylic acid groups (broad SMARTS) is 1. The van der Waals surface area contributed by atoms with Gasteiger partial charge in [0.2, 0.25) is 5.91 Å². The number of hydrazine groups is 1. The molecule has 0 aromatic heterocycles. The summed E-state index contributed by atoms with van der Waals surface area (Å²) in [5.74, 6) is 3.10. The van der Waals surface area contributed by atoms with E-state index in [1.165, 1.54) is 6.34 Å². The molecule has 2 aromatic rings. The first-order valence-corrected chi connectivity index (χ1v) is 9.73. The number of hydrogen-bond donors (Lipinski definition) is 5. The van der Waals surface area contributed by atoms with Crippen LogP contribution < -0.4 is 21.9 Å². The van der Waals surface area contributed by atoms with Crippen LogP contribution in [0.1, 0.15) is 33.9 Å². The topological polar surface area (TPSA) is 146 Å². The van der Waals surface area contributed by atoms with Crippen LogP contribution >= 0.6 is 15.9 Å². The molecule has 6 N–H and O–H groups in total. The minimum atomic E-state index is -1.05. The highest BCUT2D eigenvalue weighted by Gasteiger charge is 2.19. The van der Waals surface area contributed by atoms with Gasteiger partial charge in [-0.25, -0.2) is 10.8 Å². The van der Waals surface area contributed by atoms with Crippen LogP contribution in [-0.4, -0.2) is 35.8 Å². The van der Waals surface area contributed by atoms with E-state index in [1.54, 1.807) is 36.4 Å². The molecule has 1 unspecified atom stereocenters. The molecule has 10 heteroatoms. The first kappa shape index (κ1) is 23.0.